The van der Waals surface area contributed by atoms with Gasteiger partial charge in [0.05, 0.1) is 19.3 Å². The third kappa shape index (κ3) is 3.19. The van der Waals surface area contributed by atoms with Gasteiger partial charge in [0.15, 0.2) is 0 Å². The molecule has 1 rings (SSSR count). The van der Waals surface area contributed by atoms with Crippen LogP contribution in [0.2, 0.25) is 0 Å². The van der Waals surface area contributed by atoms with Crippen molar-refractivity contribution in [1.82, 2.24) is 0 Å². The summed E-state index contributed by atoms with van der Waals surface area (Å²) in [6.45, 7) is 4.74. The third-order valence-corrected chi connectivity index (χ3v) is 2.09. The van der Waals surface area contributed by atoms with Crippen molar-refractivity contribution in [2.45, 2.75) is 32.3 Å². The van der Waals surface area contributed by atoms with Gasteiger partial charge >= 0.3 is 5.97 Å². The Morgan fingerprint density at radius 3 is 2.85 bits per heavy atom. The molecular weight excluding hydrogens is 168 g/mol. The molecule has 13 heavy (non-hydrogen) atoms. The van der Waals surface area contributed by atoms with E-state index in [4.69, 9.17) is 4.74 Å². The quantitative estimate of drug-likeness (QED) is 0.459. The van der Waals surface area contributed by atoms with Crippen molar-refractivity contribution in [1.29, 1.82) is 0 Å². The van der Waals surface area contributed by atoms with Gasteiger partial charge < -0.3 is 9.47 Å². The van der Waals surface area contributed by atoms with Gasteiger partial charge in [-0.05, 0) is 26.7 Å². The van der Waals surface area contributed by atoms with Crippen LogP contribution in [0.5, 0.6) is 0 Å². The minimum Gasteiger partial charge on any atom is -0.466 e. The zero-order valence-electron chi connectivity index (χ0n) is 8.42. The number of hydrogen-bond acceptors (Lipinski definition) is 3. The van der Waals surface area contributed by atoms with Crippen LogP contribution in [-0.2, 0) is 14.3 Å². The van der Waals surface area contributed by atoms with Crippen LogP contribution in [0.3, 0.4) is 0 Å². The maximum absolute atomic E-state index is 11.0. The first-order valence-electron chi connectivity index (χ1n) is 4.45. The zero-order valence-corrected chi connectivity index (χ0v) is 8.42. The molecule has 0 aromatic rings. The molecular formula is C10H16O3. The van der Waals surface area contributed by atoms with Gasteiger partial charge in [-0.3, -0.25) is 0 Å². The van der Waals surface area contributed by atoms with Crippen molar-refractivity contribution in [2.24, 2.45) is 0 Å². The summed E-state index contributed by atoms with van der Waals surface area (Å²) in [5.41, 5.74) is 0.973. The standard InChI is InChI=1S/C10H16O3/c1-10(2)7-8(4-5-13-10)6-9(11)12-3/h6H,4-5,7H2,1-3H3. The fourth-order valence-corrected chi connectivity index (χ4v) is 1.49. The number of ether oxygens (including phenoxy) is 2. The van der Waals surface area contributed by atoms with Crippen LogP contribution < -0.4 is 0 Å². The van der Waals surface area contributed by atoms with Gasteiger partial charge in [0, 0.05) is 6.08 Å². The Labute approximate surface area is 78.7 Å². The number of hydrogen-bond donors (Lipinski definition) is 0. The second-order valence-electron chi connectivity index (χ2n) is 3.86. The highest BCUT2D eigenvalue weighted by Crippen LogP contribution is 2.27. The van der Waals surface area contributed by atoms with E-state index >= 15 is 0 Å². The summed E-state index contributed by atoms with van der Waals surface area (Å²) in [6, 6.07) is 0. The second-order valence-corrected chi connectivity index (χ2v) is 3.86. The van der Waals surface area contributed by atoms with Gasteiger partial charge in [-0.15, -0.1) is 0 Å². The van der Waals surface area contributed by atoms with E-state index in [1.54, 1.807) is 6.08 Å². The average Bonchev–Trinajstić information content (AvgIpc) is 2.02. The molecule has 1 fully saturated rings. The van der Waals surface area contributed by atoms with Gasteiger partial charge in [-0.25, -0.2) is 4.79 Å². The lowest BCUT2D eigenvalue weighted by molar-refractivity contribution is -0.135. The molecule has 1 aliphatic rings. The molecule has 1 saturated heterocycles. The number of rotatable bonds is 1. The van der Waals surface area contributed by atoms with E-state index in [0.717, 1.165) is 18.4 Å². The normalized spacial score (nSPS) is 24.4. The molecule has 0 unspecified atom stereocenters. The predicted molar refractivity (Wildman–Crippen MR) is 49.4 cm³/mol. The van der Waals surface area contributed by atoms with E-state index in [9.17, 15) is 4.79 Å². The summed E-state index contributed by atoms with van der Waals surface area (Å²) in [5, 5.41) is 0. The van der Waals surface area contributed by atoms with Gasteiger partial charge in [-0.2, -0.15) is 0 Å². The molecule has 0 atom stereocenters. The molecule has 0 aliphatic carbocycles. The highest BCUT2D eigenvalue weighted by Gasteiger charge is 2.25. The summed E-state index contributed by atoms with van der Waals surface area (Å²) in [7, 11) is 1.39. The van der Waals surface area contributed by atoms with Crippen molar-refractivity contribution in [2.75, 3.05) is 13.7 Å². The Kier molecular flexibility index (Phi) is 3.09. The maximum atomic E-state index is 11.0. The topological polar surface area (TPSA) is 35.5 Å². The van der Waals surface area contributed by atoms with E-state index in [2.05, 4.69) is 4.74 Å². The smallest absolute Gasteiger partial charge is 0.330 e. The second kappa shape index (κ2) is 3.92. The largest absolute Gasteiger partial charge is 0.466 e. The van der Waals surface area contributed by atoms with Crippen molar-refractivity contribution >= 4 is 5.97 Å². The number of esters is 1. The molecule has 3 heteroatoms. The summed E-state index contributed by atoms with van der Waals surface area (Å²) < 4.78 is 10.1. The fourth-order valence-electron chi connectivity index (χ4n) is 1.49. The first-order valence-corrected chi connectivity index (χ1v) is 4.45. The molecule has 1 heterocycles. The van der Waals surface area contributed by atoms with Crippen molar-refractivity contribution in [3.8, 4) is 0 Å². The summed E-state index contributed by atoms with van der Waals surface area (Å²) in [5.74, 6) is -0.271. The number of carbonyl (C=O) groups excluding carboxylic acids is 1. The van der Waals surface area contributed by atoms with E-state index in [1.165, 1.54) is 7.11 Å². The minimum absolute atomic E-state index is 0.141. The van der Waals surface area contributed by atoms with Crippen LogP contribution in [0, 0.1) is 0 Å². The molecule has 0 spiro atoms. The van der Waals surface area contributed by atoms with E-state index in [-0.39, 0.29) is 11.6 Å². The highest BCUT2D eigenvalue weighted by molar-refractivity contribution is 5.82. The lowest BCUT2D eigenvalue weighted by atomic mass is 9.93. The first-order chi connectivity index (χ1) is 6.03. The molecule has 0 amide bonds. The molecule has 0 saturated carbocycles. The minimum atomic E-state index is -0.271. The summed E-state index contributed by atoms with van der Waals surface area (Å²) in [6.07, 6.45) is 3.21. The molecule has 1 aliphatic heterocycles. The van der Waals surface area contributed by atoms with E-state index in [1.807, 2.05) is 13.8 Å². The van der Waals surface area contributed by atoms with Crippen molar-refractivity contribution < 1.29 is 14.3 Å². The van der Waals surface area contributed by atoms with Gasteiger partial charge in [0.2, 0.25) is 0 Å². The number of methoxy groups -OCH3 is 1. The van der Waals surface area contributed by atoms with E-state index < -0.39 is 0 Å². The Bertz CT molecular complexity index is 228. The van der Waals surface area contributed by atoms with Crippen molar-refractivity contribution in [3.63, 3.8) is 0 Å². The Morgan fingerprint density at radius 2 is 2.31 bits per heavy atom. The average molecular weight is 184 g/mol. The molecule has 0 aromatic heterocycles. The van der Waals surface area contributed by atoms with Gasteiger partial charge in [0.25, 0.3) is 0 Å². The molecule has 0 N–H and O–H groups in total. The molecule has 0 bridgehead atoms. The molecule has 0 radical (unpaired) electrons. The monoisotopic (exact) mass is 184 g/mol. The number of carbonyl (C=O) groups is 1. The van der Waals surface area contributed by atoms with Crippen LogP contribution in [0.25, 0.3) is 0 Å². The maximum Gasteiger partial charge on any atom is 0.330 e. The van der Waals surface area contributed by atoms with Crippen LogP contribution >= 0.6 is 0 Å². The SMILES string of the molecule is COC(=O)C=C1CCOC(C)(C)C1. The summed E-state index contributed by atoms with van der Waals surface area (Å²) in [4.78, 5) is 11.0. The predicted octanol–water partition coefficient (Wildman–Crippen LogP) is 1.67. The lowest BCUT2D eigenvalue weighted by Crippen LogP contribution is -2.30. The first kappa shape index (κ1) is 10.3. The molecule has 74 valence electrons. The third-order valence-electron chi connectivity index (χ3n) is 2.09. The molecule has 0 aromatic carbocycles. The summed E-state index contributed by atoms with van der Waals surface area (Å²) >= 11 is 0. The van der Waals surface area contributed by atoms with Crippen LogP contribution in [0.15, 0.2) is 11.6 Å². The van der Waals surface area contributed by atoms with Gasteiger partial charge in [0.1, 0.15) is 0 Å². The van der Waals surface area contributed by atoms with Crippen LogP contribution in [0.1, 0.15) is 26.7 Å². The van der Waals surface area contributed by atoms with Gasteiger partial charge in [-0.1, -0.05) is 5.57 Å². The van der Waals surface area contributed by atoms with E-state index in [0.29, 0.717) is 6.61 Å². The Balaban J connectivity index is 2.61. The zero-order chi connectivity index (χ0) is 9.90. The highest BCUT2D eigenvalue weighted by atomic mass is 16.5. The molecule has 3 nitrogen and oxygen atoms in total. The lowest BCUT2D eigenvalue weighted by Gasteiger charge is -2.31. The van der Waals surface area contributed by atoms with Crippen molar-refractivity contribution in [3.05, 3.63) is 11.6 Å². The van der Waals surface area contributed by atoms with Crippen LogP contribution in [0.4, 0.5) is 0 Å². The Morgan fingerprint density at radius 1 is 1.62 bits per heavy atom. The fraction of sp³-hybridized carbons (Fsp3) is 0.700. The van der Waals surface area contributed by atoms with Crippen LogP contribution in [-0.4, -0.2) is 25.3 Å². The Hall–Kier alpha value is -0.830.